The van der Waals surface area contributed by atoms with Crippen LogP contribution in [0.5, 0.6) is 0 Å². The van der Waals surface area contributed by atoms with Crippen molar-refractivity contribution in [1.29, 1.82) is 0 Å². The molecule has 0 atom stereocenters. The second-order valence-corrected chi connectivity index (χ2v) is 6.49. The van der Waals surface area contributed by atoms with E-state index in [0.717, 1.165) is 41.1 Å². The number of nitrogens with two attached hydrogens (primary N) is 1. The maximum absolute atomic E-state index is 6.01. The lowest BCUT2D eigenvalue weighted by Crippen LogP contribution is -2.83. The van der Waals surface area contributed by atoms with E-state index < -0.39 is 0 Å². The Morgan fingerprint density at radius 1 is 1.30 bits per heavy atom. The van der Waals surface area contributed by atoms with Crippen molar-refractivity contribution in [1.82, 2.24) is 20.2 Å². The summed E-state index contributed by atoms with van der Waals surface area (Å²) >= 11 is 7.65. The van der Waals surface area contributed by atoms with Crippen molar-refractivity contribution in [3.8, 4) is 11.3 Å². The third kappa shape index (κ3) is 4.34. The molecule has 3 aromatic rings. The first-order valence-corrected chi connectivity index (χ1v) is 8.60. The zero-order valence-electron chi connectivity index (χ0n) is 12.6. The molecule has 0 bridgehead atoms. The molecule has 0 radical (unpaired) electrons. The van der Waals surface area contributed by atoms with E-state index in [9.17, 15) is 0 Å². The Bertz CT molecular complexity index is 773. The van der Waals surface area contributed by atoms with Gasteiger partial charge in [0.2, 0.25) is 5.16 Å². The van der Waals surface area contributed by atoms with Crippen molar-refractivity contribution < 1.29 is 9.73 Å². The molecule has 0 saturated carbocycles. The molecule has 0 aliphatic carbocycles. The number of quaternary nitrogens is 1. The molecular formula is C15H17ClN5OS+. The zero-order valence-corrected chi connectivity index (χ0v) is 14.2. The Morgan fingerprint density at radius 2 is 2.22 bits per heavy atom. The van der Waals surface area contributed by atoms with E-state index in [1.807, 2.05) is 43.4 Å². The highest BCUT2D eigenvalue weighted by Gasteiger charge is 2.07. The Kier molecular flexibility index (Phi) is 5.32. The summed E-state index contributed by atoms with van der Waals surface area (Å²) in [6, 6.07) is 11.7. The molecule has 0 saturated heterocycles. The van der Waals surface area contributed by atoms with Gasteiger partial charge in [-0.15, -0.1) is 5.10 Å². The molecule has 0 unspecified atom stereocenters. The van der Waals surface area contributed by atoms with E-state index >= 15 is 0 Å². The first-order chi connectivity index (χ1) is 11.2. The molecule has 120 valence electrons. The largest absolute Gasteiger partial charge is 0.455 e. The highest BCUT2D eigenvalue weighted by Crippen LogP contribution is 2.24. The number of thioether (sulfide) groups is 1. The summed E-state index contributed by atoms with van der Waals surface area (Å²) in [6.07, 6.45) is 0. The van der Waals surface area contributed by atoms with Crippen LogP contribution in [0.1, 0.15) is 5.76 Å². The number of benzene rings is 1. The molecule has 1 aromatic carbocycles. The van der Waals surface area contributed by atoms with Gasteiger partial charge < -0.3 is 9.73 Å². The van der Waals surface area contributed by atoms with Gasteiger partial charge in [0.15, 0.2) is 5.76 Å². The van der Waals surface area contributed by atoms with Crippen LogP contribution in [-0.4, -0.2) is 32.5 Å². The van der Waals surface area contributed by atoms with Crippen LogP contribution in [0.3, 0.4) is 0 Å². The van der Waals surface area contributed by atoms with Crippen LogP contribution in [-0.2, 0) is 13.6 Å². The van der Waals surface area contributed by atoms with E-state index in [4.69, 9.17) is 16.0 Å². The van der Waals surface area contributed by atoms with E-state index in [1.54, 1.807) is 16.4 Å². The number of furan rings is 1. The van der Waals surface area contributed by atoms with Crippen LogP contribution >= 0.6 is 23.4 Å². The predicted octanol–water partition coefficient (Wildman–Crippen LogP) is 1.98. The fourth-order valence-corrected chi connectivity index (χ4v) is 3.08. The van der Waals surface area contributed by atoms with Crippen molar-refractivity contribution >= 4 is 23.4 Å². The number of hydrogen-bond acceptors (Lipinski definition) is 5. The second-order valence-electron chi connectivity index (χ2n) is 4.99. The zero-order chi connectivity index (χ0) is 16.1. The Morgan fingerprint density at radius 3 is 3.00 bits per heavy atom. The fourth-order valence-electron chi connectivity index (χ4n) is 2.11. The number of aryl methyl sites for hydroxylation is 1. The fraction of sp³-hybridized carbons (Fsp3) is 0.267. The van der Waals surface area contributed by atoms with Gasteiger partial charge in [-0.25, -0.2) is 4.68 Å². The Hall–Kier alpha value is -1.83. The van der Waals surface area contributed by atoms with Crippen molar-refractivity contribution in [2.45, 2.75) is 11.7 Å². The van der Waals surface area contributed by atoms with Crippen LogP contribution in [0, 0.1) is 0 Å². The maximum atomic E-state index is 6.01. The molecule has 2 heterocycles. The minimum atomic E-state index is 0.710. The monoisotopic (exact) mass is 350 g/mol. The summed E-state index contributed by atoms with van der Waals surface area (Å²) in [5.41, 5.74) is 0.995. The first-order valence-electron chi connectivity index (χ1n) is 7.24. The topological polar surface area (TPSA) is 73.3 Å². The minimum Gasteiger partial charge on any atom is -0.455 e. The van der Waals surface area contributed by atoms with E-state index in [-0.39, 0.29) is 0 Å². The molecule has 2 aromatic heterocycles. The number of hydrogen-bond donors (Lipinski definition) is 1. The van der Waals surface area contributed by atoms with Crippen LogP contribution < -0.4 is 5.32 Å². The number of tetrazole rings is 1. The summed E-state index contributed by atoms with van der Waals surface area (Å²) < 4.78 is 7.54. The predicted molar refractivity (Wildman–Crippen MR) is 89.2 cm³/mol. The number of halogens is 1. The molecule has 0 fully saturated rings. The van der Waals surface area contributed by atoms with Crippen LogP contribution in [0.4, 0.5) is 0 Å². The van der Waals surface area contributed by atoms with Crippen molar-refractivity contribution in [2.24, 2.45) is 7.05 Å². The molecule has 23 heavy (non-hydrogen) atoms. The molecule has 8 heteroatoms. The van der Waals surface area contributed by atoms with Gasteiger partial charge >= 0.3 is 0 Å². The lowest BCUT2D eigenvalue weighted by atomic mass is 10.2. The molecule has 2 N–H and O–H groups in total. The molecule has 6 nitrogen and oxygen atoms in total. The smallest absolute Gasteiger partial charge is 0.209 e. The number of rotatable bonds is 7. The van der Waals surface area contributed by atoms with Gasteiger partial charge in [0.25, 0.3) is 0 Å². The maximum Gasteiger partial charge on any atom is 0.209 e. The van der Waals surface area contributed by atoms with Crippen LogP contribution in [0.2, 0.25) is 5.02 Å². The van der Waals surface area contributed by atoms with Gasteiger partial charge in [0, 0.05) is 17.6 Å². The van der Waals surface area contributed by atoms with Crippen molar-refractivity contribution in [3.05, 3.63) is 47.2 Å². The quantitative estimate of drug-likeness (QED) is 0.521. The van der Waals surface area contributed by atoms with E-state index in [2.05, 4.69) is 20.8 Å². The number of aromatic nitrogens is 4. The van der Waals surface area contributed by atoms with Gasteiger partial charge in [-0.2, -0.15) is 0 Å². The minimum absolute atomic E-state index is 0.710. The third-order valence-electron chi connectivity index (χ3n) is 3.25. The van der Waals surface area contributed by atoms with Crippen LogP contribution in [0.25, 0.3) is 11.3 Å². The molecular weight excluding hydrogens is 334 g/mol. The van der Waals surface area contributed by atoms with Gasteiger partial charge in [-0.3, -0.25) is 0 Å². The Labute approximate surface area is 143 Å². The van der Waals surface area contributed by atoms with Crippen LogP contribution in [0.15, 0.2) is 46.0 Å². The highest BCUT2D eigenvalue weighted by molar-refractivity contribution is 7.99. The summed E-state index contributed by atoms with van der Waals surface area (Å²) in [5.74, 6) is 2.73. The lowest BCUT2D eigenvalue weighted by molar-refractivity contribution is -0.668. The molecule has 0 aliphatic rings. The van der Waals surface area contributed by atoms with Gasteiger partial charge in [0.1, 0.15) is 12.3 Å². The standard InChI is InChI=1S/C15H16ClN5OS/c1-21-15(18-19-20-21)23-8-7-17-10-13-5-6-14(22-13)11-3-2-4-12(16)9-11/h2-6,9,17H,7-8,10H2,1H3/p+1. The molecule has 0 aliphatic heterocycles. The third-order valence-corrected chi connectivity index (χ3v) is 4.53. The van der Waals surface area contributed by atoms with Crippen molar-refractivity contribution in [2.75, 3.05) is 12.3 Å². The second kappa shape index (κ2) is 7.63. The van der Waals surface area contributed by atoms with Gasteiger partial charge in [0.05, 0.1) is 12.3 Å². The van der Waals surface area contributed by atoms with Gasteiger partial charge in [-0.1, -0.05) is 35.5 Å². The summed E-state index contributed by atoms with van der Waals surface area (Å²) in [7, 11) is 1.84. The molecule has 3 rings (SSSR count). The average Bonchev–Trinajstić information content (AvgIpc) is 3.17. The molecule has 0 spiro atoms. The van der Waals surface area contributed by atoms with E-state index in [1.165, 1.54) is 0 Å². The SMILES string of the molecule is Cn1nnnc1SCC[NH2+]Cc1ccc(-c2cccc(Cl)c2)o1. The van der Waals surface area contributed by atoms with E-state index in [0.29, 0.717) is 5.02 Å². The van der Waals surface area contributed by atoms with Crippen molar-refractivity contribution in [3.63, 3.8) is 0 Å². The lowest BCUT2D eigenvalue weighted by Gasteiger charge is -2.00. The molecule has 0 amide bonds. The normalized spacial score (nSPS) is 11.0. The highest BCUT2D eigenvalue weighted by atomic mass is 35.5. The number of nitrogens with zero attached hydrogens (tertiary/aromatic N) is 4. The summed E-state index contributed by atoms with van der Waals surface area (Å²) in [5, 5.41) is 15.1. The summed E-state index contributed by atoms with van der Waals surface area (Å²) in [4.78, 5) is 0. The average molecular weight is 351 g/mol. The summed E-state index contributed by atoms with van der Waals surface area (Å²) in [6.45, 7) is 1.77. The van der Waals surface area contributed by atoms with Gasteiger partial charge in [-0.05, 0) is 34.7 Å². The Balaban J connectivity index is 1.45. The first kappa shape index (κ1) is 16.0.